The number of carbonyl (C=O) groups is 4. The Hall–Kier alpha value is -3.50. The van der Waals surface area contributed by atoms with E-state index >= 15 is 0 Å². The maximum absolute atomic E-state index is 12.4. The van der Waals surface area contributed by atoms with Crippen LogP contribution in [0.3, 0.4) is 0 Å². The van der Waals surface area contributed by atoms with E-state index in [9.17, 15) is 29.3 Å². The van der Waals surface area contributed by atoms with Crippen LogP contribution >= 0.6 is 0 Å². The predicted molar refractivity (Wildman–Crippen MR) is 101 cm³/mol. The lowest BCUT2D eigenvalue weighted by Gasteiger charge is -2.19. The molecule has 0 spiro atoms. The number of anilines is 1. The van der Waals surface area contributed by atoms with E-state index in [2.05, 4.69) is 5.32 Å². The number of rotatable bonds is 7. The molecule has 1 saturated heterocycles. The van der Waals surface area contributed by atoms with Crippen LogP contribution in [-0.2, 0) is 23.9 Å². The van der Waals surface area contributed by atoms with Crippen LogP contribution in [0.15, 0.2) is 18.2 Å². The van der Waals surface area contributed by atoms with Crippen LogP contribution < -0.4 is 10.1 Å². The SMILES string of the molecule is COc1cc([N+](=O)[O-])ccc1NC(=O)COC(=O)CN1C(=O)C2CCCCC2C1=O. The highest BCUT2D eigenvalue weighted by Crippen LogP contribution is 2.37. The van der Waals surface area contributed by atoms with Crippen molar-refractivity contribution in [2.75, 3.05) is 25.6 Å². The number of imide groups is 1. The van der Waals surface area contributed by atoms with Gasteiger partial charge in [0.2, 0.25) is 11.8 Å². The normalized spacial score (nSPS) is 20.5. The highest BCUT2D eigenvalue weighted by Gasteiger charge is 2.48. The first kappa shape index (κ1) is 21.2. The molecule has 1 saturated carbocycles. The first-order chi connectivity index (χ1) is 14.3. The number of hydrogen-bond donors (Lipinski definition) is 1. The van der Waals surface area contributed by atoms with Crippen molar-refractivity contribution in [2.45, 2.75) is 25.7 Å². The van der Waals surface area contributed by atoms with Crippen molar-refractivity contribution < 1.29 is 33.6 Å². The number of carbonyl (C=O) groups excluding carboxylic acids is 4. The lowest BCUT2D eigenvalue weighted by atomic mass is 9.81. The van der Waals surface area contributed by atoms with Crippen LogP contribution in [0.1, 0.15) is 25.7 Å². The summed E-state index contributed by atoms with van der Waals surface area (Å²) in [5.74, 6) is -2.96. The van der Waals surface area contributed by atoms with E-state index < -0.39 is 30.0 Å². The molecule has 160 valence electrons. The number of esters is 1. The van der Waals surface area contributed by atoms with Gasteiger partial charge in [-0.05, 0) is 18.9 Å². The molecule has 30 heavy (non-hydrogen) atoms. The van der Waals surface area contributed by atoms with Gasteiger partial charge >= 0.3 is 5.97 Å². The van der Waals surface area contributed by atoms with Gasteiger partial charge in [0.15, 0.2) is 6.61 Å². The van der Waals surface area contributed by atoms with E-state index in [0.717, 1.165) is 23.8 Å². The number of benzene rings is 1. The highest BCUT2D eigenvalue weighted by molar-refractivity contribution is 6.07. The van der Waals surface area contributed by atoms with Crippen LogP contribution in [0.4, 0.5) is 11.4 Å². The molecule has 1 aliphatic heterocycles. The molecular formula is C19H21N3O8. The van der Waals surface area contributed by atoms with Crippen LogP contribution in [0.25, 0.3) is 0 Å². The summed E-state index contributed by atoms with van der Waals surface area (Å²) in [5, 5.41) is 13.2. The molecule has 0 aromatic heterocycles. The van der Waals surface area contributed by atoms with Crippen LogP contribution in [0.2, 0.25) is 0 Å². The minimum Gasteiger partial charge on any atom is -0.494 e. The number of fused-ring (bicyclic) bond motifs is 1. The van der Waals surface area contributed by atoms with Gasteiger partial charge < -0.3 is 14.8 Å². The van der Waals surface area contributed by atoms with E-state index in [0.29, 0.717) is 12.8 Å². The molecule has 1 heterocycles. The average Bonchev–Trinajstić information content (AvgIpc) is 2.97. The molecule has 2 atom stereocenters. The van der Waals surface area contributed by atoms with Crippen molar-refractivity contribution in [3.8, 4) is 5.75 Å². The standard InChI is InChI=1S/C19H21N3O8/c1-29-15-8-11(22(27)28)6-7-14(15)20-16(23)10-30-17(24)9-21-18(25)12-4-2-3-5-13(12)19(21)26/h6-8,12-13H,2-5,9-10H2,1H3,(H,20,23). The molecule has 3 rings (SSSR count). The molecule has 11 heteroatoms. The Morgan fingerprint density at radius 3 is 2.40 bits per heavy atom. The smallest absolute Gasteiger partial charge is 0.326 e. The summed E-state index contributed by atoms with van der Waals surface area (Å²) in [7, 11) is 1.29. The Morgan fingerprint density at radius 2 is 1.83 bits per heavy atom. The van der Waals surface area contributed by atoms with Crippen molar-refractivity contribution in [1.29, 1.82) is 0 Å². The first-order valence-electron chi connectivity index (χ1n) is 9.45. The van der Waals surface area contributed by atoms with E-state index in [-0.39, 0.29) is 40.8 Å². The Kier molecular flexibility index (Phi) is 6.28. The molecule has 2 aliphatic rings. The Balaban J connectivity index is 1.53. The summed E-state index contributed by atoms with van der Waals surface area (Å²) in [4.78, 5) is 59.9. The van der Waals surface area contributed by atoms with Gasteiger partial charge in [-0.3, -0.25) is 34.2 Å². The average molecular weight is 419 g/mol. The van der Waals surface area contributed by atoms with Gasteiger partial charge in [-0.2, -0.15) is 0 Å². The number of ether oxygens (including phenoxy) is 2. The number of non-ortho nitro benzene ring substituents is 1. The number of nitro groups is 1. The Labute approximate surface area is 171 Å². The summed E-state index contributed by atoms with van der Waals surface area (Å²) in [6.45, 7) is -1.18. The summed E-state index contributed by atoms with van der Waals surface area (Å²) in [6.07, 6.45) is 3.04. The molecule has 11 nitrogen and oxygen atoms in total. The zero-order chi connectivity index (χ0) is 21.8. The largest absolute Gasteiger partial charge is 0.494 e. The number of nitrogens with zero attached hydrogens (tertiary/aromatic N) is 2. The van der Waals surface area contributed by atoms with Crippen molar-refractivity contribution in [3.63, 3.8) is 0 Å². The fourth-order valence-corrected chi connectivity index (χ4v) is 3.79. The van der Waals surface area contributed by atoms with E-state index in [1.54, 1.807) is 0 Å². The van der Waals surface area contributed by atoms with Crippen LogP contribution in [-0.4, -0.2) is 53.8 Å². The topological polar surface area (TPSA) is 145 Å². The molecule has 0 radical (unpaired) electrons. The molecular weight excluding hydrogens is 398 g/mol. The van der Waals surface area contributed by atoms with Gasteiger partial charge in [0.1, 0.15) is 12.3 Å². The third-order valence-corrected chi connectivity index (χ3v) is 5.25. The van der Waals surface area contributed by atoms with Gasteiger partial charge in [-0.25, -0.2) is 0 Å². The molecule has 1 aliphatic carbocycles. The van der Waals surface area contributed by atoms with Crippen molar-refractivity contribution in [1.82, 2.24) is 4.90 Å². The zero-order valence-electron chi connectivity index (χ0n) is 16.3. The number of amides is 3. The first-order valence-corrected chi connectivity index (χ1v) is 9.45. The lowest BCUT2D eigenvalue weighted by Crippen LogP contribution is -2.37. The van der Waals surface area contributed by atoms with Crippen molar-refractivity contribution in [3.05, 3.63) is 28.3 Å². The van der Waals surface area contributed by atoms with Gasteiger partial charge in [0.05, 0.1) is 35.6 Å². The predicted octanol–water partition coefficient (Wildman–Crippen LogP) is 1.26. The van der Waals surface area contributed by atoms with Gasteiger partial charge in [0, 0.05) is 6.07 Å². The third-order valence-electron chi connectivity index (χ3n) is 5.25. The molecule has 0 bridgehead atoms. The van der Waals surface area contributed by atoms with Gasteiger partial charge in [-0.15, -0.1) is 0 Å². The monoisotopic (exact) mass is 419 g/mol. The second-order valence-corrected chi connectivity index (χ2v) is 7.11. The maximum Gasteiger partial charge on any atom is 0.326 e. The quantitative estimate of drug-likeness (QED) is 0.301. The fourth-order valence-electron chi connectivity index (χ4n) is 3.79. The van der Waals surface area contributed by atoms with E-state index in [4.69, 9.17) is 9.47 Å². The fraction of sp³-hybridized carbons (Fsp3) is 0.474. The molecule has 2 fully saturated rings. The Bertz CT molecular complexity index is 876. The molecule has 2 unspecified atom stereocenters. The van der Waals surface area contributed by atoms with E-state index in [1.807, 2.05) is 0 Å². The number of hydrogen-bond acceptors (Lipinski definition) is 8. The molecule has 1 aromatic rings. The number of nitrogens with one attached hydrogen (secondary N) is 1. The second-order valence-electron chi connectivity index (χ2n) is 7.11. The summed E-state index contributed by atoms with van der Waals surface area (Å²) in [6, 6.07) is 3.62. The molecule has 3 amide bonds. The minimum absolute atomic E-state index is 0.0692. The highest BCUT2D eigenvalue weighted by atomic mass is 16.6. The number of methoxy groups -OCH3 is 1. The summed E-state index contributed by atoms with van der Waals surface area (Å²) >= 11 is 0. The van der Waals surface area contributed by atoms with E-state index in [1.165, 1.54) is 19.2 Å². The molecule has 1 N–H and O–H groups in total. The lowest BCUT2D eigenvalue weighted by molar-refractivity contribution is -0.384. The zero-order valence-corrected chi connectivity index (χ0v) is 16.3. The second kappa shape index (κ2) is 8.89. The number of nitro benzene ring substituents is 1. The maximum atomic E-state index is 12.4. The van der Waals surface area contributed by atoms with Crippen molar-refractivity contribution >= 4 is 35.1 Å². The molecule has 1 aromatic carbocycles. The number of likely N-dealkylation sites (tertiary alicyclic amines) is 1. The summed E-state index contributed by atoms with van der Waals surface area (Å²) in [5.41, 5.74) is -0.0464. The Morgan fingerprint density at radius 1 is 1.20 bits per heavy atom. The van der Waals surface area contributed by atoms with Crippen molar-refractivity contribution in [2.24, 2.45) is 11.8 Å². The van der Waals surface area contributed by atoms with Crippen LogP contribution in [0, 0.1) is 22.0 Å². The minimum atomic E-state index is -0.874. The van der Waals surface area contributed by atoms with Gasteiger partial charge in [-0.1, -0.05) is 12.8 Å². The van der Waals surface area contributed by atoms with Gasteiger partial charge in [0.25, 0.3) is 11.6 Å². The third kappa shape index (κ3) is 4.39. The van der Waals surface area contributed by atoms with Crippen LogP contribution in [0.5, 0.6) is 5.75 Å². The summed E-state index contributed by atoms with van der Waals surface area (Å²) < 4.78 is 9.89.